The van der Waals surface area contributed by atoms with E-state index in [2.05, 4.69) is 10.1 Å². The third kappa shape index (κ3) is 4.46. The summed E-state index contributed by atoms with van der Waals surface area (Å²) in [7, 11) is 0. The number of benzene rings is 1. The Labute approximate surface area is 148 Å². The first-order chi connectivity index (χ1) is 11.4. The SMILES string of the molecule is CCC(=NO)C(Oc1ccc(Cl)cc1)C(=O)Oc1sc(C)nc1C. The van der Waals surface area contributed by atoms with Crippen LogP contribution in [0.4, 0.5) is 0 Å². The average Bonchev–Trinajstić information content (AvgIpc) is 2.86. The van der Waals surface area contributed by atoms with Crippen molar-refractivity contribution in [1.82, 2.24) is 4.98 Å². The van der Waals surface area contributed by atoms with Crippen LogP contribution in [0.25, 0.3) is 0 Å². The number of esters is 1. The predicted molar refractivity (Wildman–Crippen MR) is 92.6 cm³/mol. The lowest BCUT2D eigenvalue weighted by atomic mass is 10.1. The number of carbonyl (C=O) groups excluding carboxylic acids is 1. The van der Waals surface area contributed by atoms with Gasteiger partial charge in [-0.05, 0) is 44.5 Å². The zero-order chi connectivity index (χ0) is 17.7. The number of halogens is 1. The van der Waals surface area contributed by atoms with Gasteiger partial charge >= 0.3 is 5.97 Å². The molecule has 0 saturated heterocycles. The van der Waals surface area contributed by atoms with Crippen molar-refractivity contribution in [2.45, 2.75) is 33.3 Å². The Kier molecular flexibility index (Phi) is 6.16. The van der Waals surface area contributed by atoms with E-state index in [1.165, 1.54) is 11.3 Å². The minimum absolute atomic E-state index is 0.161. The van der Waals surface area contributed by atoms with E-state index in [0.29, 0.717) is 28.0 Å². The third-order valence-corrected chi connectivity index (χ3v) is 4.33. The van der Waals surface area contributed by atoms with Crippen LogP contribution in [0.5, 0.6) is 10.8 Å². The fourth-order valence-corrected chi connectivity index (χ4v) is 2.86. The van der Waals surface area contributed by atoms with Gasteiger partial charge in [-0.2, -0.15) is 0 Å². The highest BCUT2D eigenvalue weighted by molar-refractivity contribution is 7.13. The number of nitrogens with zero attached hydrogens (tertiary/aromatic N) is 2. The Bertz CT molecular complexity index is 743. The second-order valence-electron chi connectivity index (χ2n) is 4.92. The van der Waals surface area contributed by atoms with Gasteiger partial charge in [0, 0.05) is 5.02 Å². The molecule has 1 aromatic heterocycles. The lowest BCUT2D eigenvalue weighted by molar-refractivity contribution is -0.139. The number of oxime groups is 1. The number of hydrogen-bond donors (Lipinski definition) is 1. The summed E-state index contributed by atoms with van der Waals surface area (Å²) in [5, 5.41) is 14.1. The smallest absolute Gasteiger partial charge is 0.359 e. The van der Waals surface area contributed by atoms with Crippen LogP contribution in [0, 0.1) is 13.8 Å². The Hall–Kier alpha value is -2.12. The number of carbonyl (C=O) groups is 1. The maximum atomic E-state index is 12.5. The summed E-state index contributed by atoms with van der Waals surface area (Å²) < 4.78 is 11.0. The molecule has 0 radical (unpaired) electrons. The van der Waals surface area contributed by atoms with Crippen molar-refractivity contribution >= 4 is 34.6 Å². The van der Waals surface area contributed by atoms with Crippen LogP contribution in [0.15, 0.2) is 29.4 Å². The first kappa shape index (κ1) is 18.2. The topological polar surface area (TPSA) is 81.0 Å². The minimum Gasteiger partial charge on any atom is -0.472 e. The first-order valence-corrected chi connectivity index (χ1v) is 8.42. The lowest BCUT2D eigenvalue weighted by Crippen LogP contribution is -2.38. The molecular formula is C16H17ClN2O4S. The van der Waals surface area contributed by atoms with E-state index in [1.54, 1.807) is 38.1 Å². The Morgan fingerprint density at radius 2 is 2.04 bits per heavy atom. The minimum atomic E-state index is -1.16. The molecule has 0 bridgehead atoms. The van der Waals surface area contributed by atoms with Gasteiger partial charge < -0.3 is 14.7 Å². The molecule has 0 aliphatic rings. The summed E-state index contributed by atoms with van der Waals surface area (Å²) in [6, 6.07) is 6.51. The quantitative estimate of drug-likeness (QED) is 0.360. The van der Waals surface area contributed by atoms with E-state index in [0.717, 1.165) is 5.01 Å². The number of aryl methyl sites for hydroxylation is 2. The van der Waals surface area contributed by atoms with Gasteiger partial charge in [-0.25, -0.2) is 9.78 Å². The molecule has 128 valence electrons. The molecule has 2 rings (SSSR count). The second-order valence-corrected chi connectivity index (χ2v) is 6.53. The van der Waals surface area contributed by atoms with E-state index in [-0.39, 0.29) is 5.71 Å². The lowest BCUT2D eigenvalue weighted by Gasteiger charge is -2.17. The maximum absolute atomic E-state index is 12.5. The highest BCUT2D eigenvalue weighted by Gasteiger charge is 2.29. The summed E-state index contributed by atoms with van der Waals surface area (Å²) in [5.41, 5.74) is 0.781. The molecule has 1 heterocycles. The number of hydrogen-bond acceptors (Lipinski definition) is 7. The molecule has 6 nitrogen and oxygen atoms in total. The second kappa shape index (κ2) is 8.12. The molecule has 24 heavy (non-hydrogen) atoms. The fraction of sp³-hybridized carbons (Fsp3) is 0.312. The van der Waals surface area contributed by atoms with Crippen LogP contribution in [0.1, 0.15) is 24.0 Å². The normalized spacial score (nSPS) is 12.8. The van der Waals surface area contributed by atoms with E-state index in [9.17, 15) is 4.79 Å². The number of ether oxygens (including phenoxy) is 2. The van der Waals surface area contributed by atoms with Crippen LogP contribution in [0.2, 0.25) is 5.02 Å². The molecule has 2 aromatic rings. The number of thiazole rings is 1. The largest absolute Gasteiger partial charge is 0.472 e. The molecular weight excluding hydrogens is 352 g/mol. The molecule has 0 saturated carbocycles. The molecule has 0 spiro atoms. The molecule has 0 aliphatic heterocycles. The number of rotatable bonds is 6. The summed E-state index contributed by atoms with van der Waals surface area (Å²) in [5.74, 6) is -0.264. The van der Waals surface area contributed by atoms with Gasteiger partial charge in [0.25, 0.3) is 0 Å². The van der Waals surface area contributed by atoms with E-state index in [1.807, 2.05) is 6.92 Å². The van der Waals surface area contributed by atoms with E-state index < -0.39 is 12.1 Å². The monoisotopic (exact) mass is 368 g/mol. The molecule has 1 aromatic carbocycles. The number of aromatic nitrogens is 1. The highest BCUT2D eigenvalue weighted by Crippen LogP contribution is 2.27. The van der Waals surface area contributed by atoms with Crippen molar-refractivity contribution < 1.29 is 19.5 Å². The van der Waals surface area contributed by atoms with Gasteiger partial charge in [-0.3, -0.25) is 0 Å². The molecule has 8 heteroatoms. The first-order valence-electron chi connectivity index (χ1n) is 7.23. The van der Waals surface area contributed by atoms with Crippen molar-refractivity contribution in [3.63, 3.8) is 0 Å². The van der Waals surface area contributed by atoms with E-state index in [4.69, 9.17) is 26.3 Å². The van der Waals surface area contributed by atoms with Crippen molar-refractivity contribution in [2.24, 2.45) is 5.16 Å². The van der Waals surface area contributed by atoms with E-state index >= 15 is 0 Å². The van der Waals surface area contributed by atoms with Crippen molar-refractivity contribution in [2.75, 3.05) is 0 Å². The summed E-state index contributed by atoms with van der Waals surface area (Å²) >= 11 is 7.10. The molecule has 0 amide bonds. The Morgan fingerprint density at radius 3 is 2.54 bits per heavy atom. The molecule has 0 fully saturated rings. The van der Waals surface area contributed by atoms with Crippen LogP contribution in [-0.4, -0.2) is 28.0 Å². The van der Waals surface area contributed by atoms with Gasteiger partial charge in [0.15, 0.2) is 0 Å². The van der Waals surface area contributed by atoms with Crippen molar-refractivity contribution in [3.05, 3.63) is 40.0 Å². The zero-order valence-electron chi connectivity index (χ0n) is 13.4. The maximum Gasteiger partial charge on any atom is 0.359 e. The standard InChI is InChI=1S/C16H17ClN2O4S/c1-4-13(19-21)14(22-12-7-5-11(17)6-8-12)15(20)23-16-9(2)18-10(3)24-16/h5-8,14,21H,4H2,1-3H3. The summed E-state index contributed by atoms with van der Waals surface area (Å²) in [6.45, 7) is 5.33. The molecule has 1 atom stereocenters. The Balaban J connectivity index is 2.23. The highest BCUT2D eigenvalue weighted by atomic mass is 35.5. The summed E-state index contributed by atoms with van der Waals surface area (Å²) in [4.78, 5) is 16.7. The van der Waals surface area contributed by atoms with Crippen LogP contribution >= 0.6 is 22.9 Å². The van der Waals surface area contributed by atoms with Crippen LogP contribution in [-0.2, 0) is 4.79 Å². The third-order valence-electron chi connectivity index (χ3n) is 3.13. The van der Waals surface area contributed by atoms with Gasteiger partial charge in [0.1, 0.15) is 11.5 Å². The summed E-state index contributed by atoms with van der Waals surface area (Å²) in [6.07, 6.45) is -0.840. The van der Waals surface area contributed by atoms with Crippen molar-refractivity contribution in [1.29, 1.82) is 0 Å². The van der Waals surface area contributed by atoms with Gasteiger partial charge in [0.05, 0.1) is 10.7 Å². The molecule has 1 N–H and O–H groups in total. The zero-order valence-corrected chi connectivity index (χ0v) is 15.0. The Morgan fingerprint density at radius 1 is 1.38 bits per heavy atom. The van der Waals surface area contributed by atoms with Gasteiger partial charge in [0.2, 0.25) is 11.2 Å². The van der Waals surface area contributed by atoms with Crippen LogP contribution < -0.4 is 9.47 Å². The van der Waals surface area contributed by atoms with Crippen LogP contribution in [0.3, 0.4) is 0 Å². The van der Waals surface area contributed by atoms with Crippen molar-refractivity contribution in [3.8, 4) is 10.8 Å². The van der Waals surface area contributed by atoms with Gasteiger partial charge in [-0.1, -0.05) is 35.0 Å². The average molecular weight is 369 g/mol. The predicted octanol–water partition coefficient (Wildman–Crippen LogP) is 4.01. The fourth-order valence-electron chi connectivity index (χ4n) is 1.96. The molecule has 0 aliphatic carbocycles. The van der Waals surface area contributed by atoms with Gasteiger partial charge in [-0.15, -0.1) is 0 Å². The molecule has 1 unspecified atom stereocenters.